The summed E-state index contributed by atoms with van der Waals surface area (Å²) in [4.78, 5) is 36.2. The molecule has 8 heteroatoms. The van der Waals surface area contributed by atoms with Gasteiger partial charge < -0.3 is 19.6 Å². The van der Waals surface area contributed by atoms with E-state index >= 15 is 0 Å². The number of likely N-dealkylation sites (N-methyl/N-ethyl adjacent to an activating group) is 1. The first-order valence-electron chi connectivity index (χ1n) is 12.8. The zero-order chi connectivity index (χ0) is 27.2. The second-order valence-electron chi connectivity index (χ2n) is 8.99. The fraction of sp³-hybridized carbons (Fsp3) is 0.300. The van der Waals surface area contributed by atoms with Crippen LogP contribution in [0.1, 0.15) is 40.8 Å². The van der Waals surface area contributed by atoms with Gasteiger partial charge in [-0.25, -0.2) is 4.98 Å². The van der Waals surface area contributed by atoms with E-state index in [-0.39, 0.29) is 11.4 Å². The van der Waals surface area contributed by atoms with E-state index in [0.717, 1.165) is 18.7 Å². The van der Waals surface area contributed by atoms with Crippen molar-refractivity contribution >= 4 is 23.0 Å². The third kappa shape index (κ3) is 5.56. The zero-order valence-corrected chi connectivity index (χ0v) is 22.8. The number of ketones is 1. The Labute approximate surface area is 227 Å². The number of aliphatic hydroxyl groups excluding tert-OH is 1. The summed E-state index contributed by atoms with van der Waals surface area (Å²) in [5.41, 5.74) is 2.24. The van der Waals surface area contributed by atoms with E-state index in [1.807, 2.05) is 54.6 Å². The van der Waals surface area contributed by atoms with E-state index in [1.165, 1.54) is 11.3 Å². The summed E-state index contributed by atoms with van der Waals surface area (Å²) < 4.78 is 5.73. The summed E-state index contributed by atoms with van der Waals surface area (Å²) >= 11 is 1.27. The van der Waals surface area contributed by atoms with E-state index in [1.54, 1.807) is 17.9 Å². The molecule has 0 spiro atoms. The number of hydrogen-bond acceptors (Lipinski definition) is 7. The molecule has 0 saturated carbocycles. The second-order valence-corrected chi connectivity index (χ2v) is 9.99. The molecule has 1 aliphatic rings. The maximum Gasteiger partial charge on any atom is 0.290 e. The molecule has 0 bridgehead atoms. The number of nitrogens with zero attached hydrogens (tertiary/aromatic N) is 3. The Kier molecular flexibility index (Phi) is 8.76. The van der Waals surface area contributed by atoms with Crippen molar-refractivity contribution < 1.29 is 19.4 Å². The number of Topliss-reactive ketones (excluding diaryl/α,β-unsaturated/α-hetero) is 1. The summed E-state index contributed by atoms with van der Waals surface area (Å²) in [6, 6.07) is 16.2. The van der Waals surface area contributed by atoms with Gasteiger partial charge >= 0.3 is 0 Å². The first-order chi connectivity index (χ1) is 18.4. The Bertz CT molecular complexity index is 1340. The highest BCUT2D eigenvalue weighted by molar-refractivity contribution is 7.17. The summed E-state index contributed by atoms with van der Waals surface area (Å²) in [7, 11) is 0. The monoisotopic (exact) mass is 531 g/mol. The molecule has 1 aliphatic heterocycles. The highest BCUT2D eigenvalue weighted by Gasteiger charge is 2.44. The number of ether oxygens (including phenoxy) is 1. The molecule has 4 rings (SSSR count). The molecule has 2 heterocycles. The van der Waals surface area contributed by atoms with Gasteiger partial charge in [0.25, 0.3) is 5.91 Å². The van der Waals surface area contributed by atoms with Crippen LogP contribution in [0.4, 0.5) is 0 Å². The number of aromatic nitrogens is 1. The topological polar surface area (TPSA) is 83.0 Å². The van der Waals surface area contributed by atoms with Crippen LogP contribution in [0.3, 0.4) is 0 Å². The van der Waals surface area contributed by atoms with Crippen LogP contribution >= 0.6 is 11.3 Å². The minimum absolute atomic E-state index is 0.0711. The zero-order valence-electron chi connectivity index (χ0n) is 22.0. The second kappa shape index (κ2) is 12.2. The quantitative estimate of drug-likeness (QED) is 0.242. The van der Waals surface area contributed by atoms with E-state index in [4.69, 9.17) is 4.74 Å². The van der Waals surface area contributed by atoms with Crippen molar-refractivity contribution in [3.05, 3.63) is 94.7 Å². The van der Waals surface area contributed by atoms with Crippen LogP contribution < -0.4 is 4.74 Å². The Morgan fingerprint density at radius 1 is 1.18 bits per heavy atom. The number of hydrogen-bond donors (Lipinski definition) is 1. The highest BCUT2D eigenvalue weighted by Crippen LogP contribution is 2.41. The molecule has 38 heavy (non-hydrogen) atoms. The van der Waals surface area contributed by atoms with Gasteiger partial charge in [-0.3, -0.25) is 9.59 Å². The van der Waals surface area contributed by atoms with Gasteiger partial charge in [0.1, 0.15) is 17.4 Å². The number of aryl methyl sites for hydroxylation is 1. The van der Waals surface area contributed by atoms with Crippen LogP contribution in [0.15, 0.2) is 78.6 Å². The van der Waals surface area contributed by atoms with Gasteiger partial charge in [-0.15, -0.1) is 11.3 Å². The van der Waals surface area contributed by atoms with Gasteiger partial charge in [0.05, 0.1) is 22.2 Å². The van der Waals surface area contributed by atoms with Gasteiger partial charge in [-0.2, -0.15) is 0 Å². The lowest BCUT2D eigenvalue weighted by molar-refractivity contribution is -0.129. The normalized spacial score (nSPS) is 15.4. The lowest BCUT2D eigenvalue weighted by Gasteiger charge is -2.29. The summed E-state index contributed by atoms with van der Waals surface area (Å²) in [6.45, 7) is 12.6. The van der Waals surface area contributed by atoms with Crippen molar-refractivity contribution in [3.8, 4) is 16.3 Å². The number of rotatable bonds is 12. The number of carbonyl (C=O) groups excluding carboxylic acids is 2. The Balaban J connectivity index is 1.75. The first kappa shape index (κ1) is 27.3. The Hall–Kier alpha value is -3.75. The summed E-state index contributed by atoms with van der Waals surface area (Å²) in [6.07, 6.45) is 1.65. The maximum atomic E-state index is 14.0. The molecule has 0 aliphatic carbocycles. The number of thiazole rings is 1. The minimum Gasteiger partial charge on any atom is -0.503 e. The van der Waals surface area contributed by atoms with Crippen molar-refractivity contribution in [1.29, 1.82) is 0 Å². The predicted molar refractivity (Wildman–Crippen MR) is 151 cm³/mol. The largest absolute Gasteiger partial charge is 0.503 e. The number of carbonyl (C=O) groups is 2. The molecule has 3 aromatic rings. The average Bonchev–Trinajstić information content (AvgIpc) is 3.45. The van der Waals surface area contributed by atoms with E-state index in [2.05, 4.69) is 30.3 Å². The molecule has 7 nitrogen and oxygen atoms in total. The van der Waals surface area contributed by atoms with Crippen LogP contribution in [-0.4, -0.2) is 64.4 Å². The molecule has 1 atom stereocenters. The van der Waals surface area contributed by atoms with Gasteiger partial charge in [-0.05, 0) is 37.7 Å². The van der Waals surface area contributed by atoms with Gasteiger partial charge in [-0.1, -0.05) is 69.0 Å². The summed E-state index contributed by atoms with van der Waals surface area (Å²) in [5.74, 6) is -0.850. The van der Waals surface area contributed by atoms with Gasteiger partial charge in [0, 0.05) is 18.7 Å². The molecule has 0 fully saturated rings. The fourth-order valence-electron chi connectivity index (χ4n) is 4.61. The van der Waals surface area contributed by atoms with Crippen LogP contribution in [-0.2, 0) is 4.79 Å². The average molecular weight is 532 g/mol. The molecule has 2 aromatic carbocycles. The molecule has 1 amide bonds. The van der Waals surface area contributed by atoms with Crippen molar-refractivity contribution in [2.24, 2.45) is 0 Å². The lowest BCUT2D eigenvalue weighted by Crippen LogP contribution is -2.38. The predicted octanol–water partition coefficient (Wildman–Crippen LogP) is 5.60. The highest BCUT2D eigenvalue weighted by atomic mass is 32.1. The van der Waals surface area contributed by atoms with Crippen molar-refractivity contribution in [2.45, 2.75) is 26.8 Å². The maximum absolute atomic E-state index is 14.0. The van der Waals surface area contributed by atoms with E-state index < -0.39 is 17.7 Å². The fourth-order valence-corrected chi connectivity index (χ4v) is 5.64. The van der Waals surface area contributed by atoms with Crippen LogP contribution in [0.2, 0.25) is 0 Å². The Morgan fingerprint density at radius 3 is 2.61 bits per heavy atom. The molecule has 0 saturated heterocycles. The van der Waals surface area contributed by atoms with Crippen LogP contribution in [0, 0.1) is 6.92 Å². The number of benzene rings is 2. The third-order valence-electron chi connectivity index (χ3n) is 6.67. The molecular weight excluding hydrogens is 498 g/mol. The lowest BCUT2D eigenvalue weighted by atomic mass is 9.95. The molecule has 1 N–H and O–H groups in total. The standard InChI is InChI=1S/C30H33N3O4S/c1-5-18-37-23-15-11-14-22(19-23)25-24(27(35)30(36)33(25)17-16-32(6-2)7-3)26(34)28-20(4)31-29(38-28)21-12-9-8-10-13-21/h5,8-15,19,25,35H,1,6-7,16-18H2,2-4H3. The van der Waals surface area contributed by atoms with Crippen molar-refractivity contribution in [3.63, 3.8) is 0 Å². The third-order valence-corrected chi connectivity index (χ3v) is 7.87. The van der Waals surface area contributed by atoms with Crippen LogP contribution in [0.25, 0.3) is 10.6 Å². The SMILES string of the molecule is C=CCOc1cccc(C2C(C(=O)c3sc(-c4ccccc4)nc3C)=C(O)C(=O)N2CCN(CC)CC)c1. The molecule has 198 valence electrons. The molecule has 0 radical (unpaired) electrons. The minimum atomic E-state index is -0.750. The smallest absolute Gasteiger partial charge is 0.290 e. The number of amides is 1. The molecular formula is C30H33N3O4S. The first-order valence-corrected chi connectivity index (χ1v) is 13.6. The van der Waals surface area contributed by atoms with E-state index in [9.17, 15) is 14.7 Å². The molecule has 1 unspecified atom stereocenters. The Morgan fingerprint density at radius 2 is 1.92 bits per heavy atom. The number of aliphatic hydroxyl groups is 1. The van der Waals surface area contributed by atoms with Crippen molar-refractivity contribution in [1.82, 2.24) is 14.8 Å². The van der Waals surface area contributed by atoms with Crippen LogP contribution in [0.5, 0.6) is 5.75 Å². The summed E-state index contributed by atoms with van der Waals surface area (Å²) in [5, 5.41) is 11.8. The molecule has 1 aromatic heterocycles. The van der Waals surface area contributed by atoms with Gasteiger partial charge in [0.15, 0.2) is 5.76 Å². The van der Waals surface area contributed by atoms with E-state index in [0.29, 0.717) is 46.6 Å². The van der Waals surface area contributed by atoms with Crippen molar-refractivity contribution in [2.75, 3.05) is 32.8 Å². The van der Waals surface area contributed by atoms with Gasteiger partial charge in [0.2, 0.25) is 5.78 Å².